The second-order valence-corrected chi connectivity index (χ2v) is 7.24. The molecule has 166 valence electrons. The van der Waals surface area contributed by atoms with Gasteiger partial charge in [0.1, 0.15) is 11.5 Å². The Bertz CT molecular complexity index is 1200. The number of hydrogen-bond donors (Lipinski definition) is 0. The van der Waals surface area contributed by atoms with Crippen LogP contribution in [0, 0.1) is 0 Å². The van der Waals surface area contributed by atoms with Crippen molar-refractivity contribution >= 4 is 28.3 Å². The van der Waals surface area contributed by atoms with Gasteiger partial charge >= 0.3 is 5.97 Å². The third-order valence-corrected chi connectivity index (χ3v) is 5.28. The van der Waals surface area contributed by atoms with Crippen LogP contribution < -0.4 is 23.8 Å². The third kappa shape index (κ3) is 3.60. The minimum atomic E-state index is -0.449. The maximum absolute atomic E-state index is 13.6. The Balaban J connectivity index is 1.86. The summed E-state index contributed by atoms with van der Waals surface area (Å²) in [4.78, 5) is 26.6. The zero-order chi connectivity index (χ0) is 22.8. The van der Waals surface area contributed by atoms with E-state index in [-0.39, 0.29) is 5.91 Å². The van der Waals surface area contributed by atoms with E-state index in [9.17, 15) is 9.59 Å². The topological polar surface area (TPSA) is 74.3 Å². The van der Waals surface area contributed by atoms with Crippen LogP contribution in [0.5, 0.6) is 23.0 Å². The highest BCUT2D eigenvalue weighted by Crippen LogP contribution is 2.46. The molecule has 3 aromatic rings. The molecule has 0 saturated heterocycles. The van der Waals surface area contributed by atoms with E-state index in [1.165, 1.54) is 14.0 Å². The number of anilines is 1. The van der Waals surface area contributed by atoms with Gasteiger partial charge < -0.3 is 23.8 Å². The van der Waals surface area contributed by atoms with E-state index < -0.39 is 5.97 Å². The minimum absolute atomic E-state index is 0.183. The molecule has 0 unspecified atom stereocenters. The van der Waals surface area contributed by atoms with Gasteiger partial charge in [-0.05, 0) is 26.0 Å². The van der Waals surface area contributed by atoms with Gasteiger partial charge in [-0.2, -0.15) is 0 Å². The van der Waals surface area contributed by atoms with Gasteiger partial charge in [-0.25, -0.2) is 0 Å². The van der Waals surface area contributed by atoms with Crippen molar-refractivity contribution in [2.75, 3.05) is 25.2 Å². The van der Waals surface area contributed by atoms with Crippen LogP contribution in [0.3, 0.4) is 0 Å². The molecule has 0 aliphatic carbocycles. The summed E-state index contributed by atoms with van der Waals surface area (Å²) in [6.45, 7) is 6.37. The summed E-state index contributed by atoms with van der Waals surface area (Å²) < 4.78 is 22.6. The lowest BCUT2D eigenvalue weighted by Gasteiger charge is -2.18. The van der Waals surface area contributed by atoms with Crippen molar-refractivity contribution in [1.29, 1.82) is 0 Å². The van der Waals surface area contributed by atoms with Gasteiger partial charge in [-0.3, -0.25) is 9.59 Å². The van der Waals surface area contributed by atoms with Crippen molar-refractivity contribution in [1.82, 2.24) is 0 Å². The number of benzene rings is 3. The first-order valence-corrected chi connectivity index (χ1v) is 10.5. The van der Waals surface area contributed by atoms with Gasteiger partial charge in [0.2, 0.25) is 0 Å². The maximum Gasteiger partial charge on any atom is 0.308 e. The van der Waals surface area contributed by atoms with Crippen molar-refractivity contribution in [3.8, 4) is 23.0 Å². The van der Waals surface area contributed by atoms with Crippen LogP contribution in [0.2, 0.25) is 0 Å². The highest BCUT2D eigenvalue weighted by Gasteiger charge is 2.37. The standard InChI is InChI=1S/C25H25NO6/c1-5-30-23-17-9-7-8-10-18(17)24(31-6-2)22-19(23)14-26(25(22)28)16-11-12-20(32-15(3)27)21(13-16)29-4/h7-13H,5-6,14H2,1-4H3. The summed E-state index contributed by atoms with van der Waals surface area (Å²) in [5.74, 6) is 1.29. The van der Waals surface area contributed by atoms with Gasteiger partial charge in [-0.1, -0.05) is 24.3 Å². The predicted octanol–water partition coefficient (Wildman–Crippen LogP) is 4.73. The van der Waals surface area contributed by atoms with Gasteiger partial charge in [-0.15, -0.1) is 0 Å². The summed E-state index contributed by atoms with van der Waals surface area (Å²) >= 11 is 0. The highest BCUT2D eigenvalue weighted by molar-refractivity contribution is 6.17. The lowest BCUT2D eigenvalue weighted by molar-refractivity contribution is -0.132. The van der Waals surface area contributed by atoms with E-state index in [0.717, 1.165) is 16.3 Å². The quantitative estimate of drug-likeness (QED) is 0.395. The van der Waals surface area contributed by atoms with Crippen molar-refractivity contribution in [2.45, 2.75) is 27.3 Å². The fraction of sp³-hybridized carbons (Fsp3) is 0.280. The molecule has 0 bridgehead atoms. The van der Waals surface area contributed by atoms with Crippen LogP contribution in [0.15, 0.2) is 42.5 Å². The first-order chi connectivity index (χ1) is 15.5. The van der Waals surface area contributed by atoms with E-state index in [0.29, 0.717) is 54.0 Å². The molecule has 32 heavy (non-hydrogen) atoms. The summed E-state index contributed by atoms with van der Waals surface area (Å²) in [7, 11) is 1.49. The van der Waals surface area contributed by atoms with Crippen LogP contribution >= 0.6 is 0 Å². The number of esters is 1. The zero-order valence-corrected chi connectivity index (χ0v) is 18.6. The van der Waals surface area contributed by atoms with Gasteiger partial charge in [0.15, 0.2) is 11.5 Å². The van der Waals surface area contributed by atoms with Gasteiger partial charge in [0.25, 0.3) is 5.91 Å². The molecule has 0 aromatic heterocycles. The van der Waals surface area contributed by atoms with Crippen LogP contribution in [0.25, 0.3) is 10.8 Å². The Morgan fingerprint density at radius 1 is 0.969 bits per heavy atom. The molecule has 1 aliphatic heterocycles. The SMILES string of the molecule is CCOc1c2c(c(OCC)c3ccccc13)C(=O)N(c1ccc(OC(C)=O)c(OC)c1)C2. The molecule has 0 N–H and O–H groups in total. The number of ether oxygens (including phenoxy) is 4. The molecule has 0 fully saturated rings. The predicted molar refractivity (Wildman–Crippen MR) is 121 cm³/mol. The second-order valence-electron chi connectivity index (χ2n) is 7.24. The Morgan fingerprint density at radius 3 is 2.25 bits per heavy atom. The summed E-state index contributed by atoms with van der Waals surface area (Å²) in [5, 5.41) is 1.75. The molecule has 7 heteroatoms. The number of rotatable bonds is 7. The molecule has 1 heterocycles. The lowest BCUT2D eigenvalue weighted by atomic mass is 9.99. The van der Waals surface area contributed by atoms with E-state index in [1.54, 1.807) is 23.1 Å². The fourth-order valence-corrected chi connectivity index (χ4v) is 4.04. The van der Waals surface area contributed by atoms with Crippen LogP contribution in [0.1, 0.15) is 36.7 Å². The zero-order valence-electron chi connectivity index (χ0n) is 18.6. The monoisotopic (exact) mass is 435 g/mol. The Labute approximate surface area is 186 Å². The molecule has 4 rings (SSSR count). The number of hydrogen-bond acceptors (Lipinski definition) is 6. The number of amides is 1. The number of carbonyl (C=O) groups excluding carboxylic acids is 2. The average Bonchev–Trinajstić information content (AvgIpc) is 3.13. The van der Waals surface area contributed by atoms with E-state index in [4.69, 9.17) is 18.9 Å². The molecule has 3 aromatic carbocycles. The normalized spacial score (nSPS) is 12.6. The Morgan fingerprint density at radius 2 is 1.62 bits per heavy atom. The molecule has 1 amide bonds. The Hall–Kier alpha value is -3.74. The highest BCUT2D eigenvalue weighted by atomic mass is 16.6. The smallest absolute Gasteiger partial charge is 0.308 e. The average molecular weight is 435 g/mol. The molecular weight excluding hydrogens is 410 g/mol. The number of methoxy groups -OCH3 is 1. The maximum atomic E-state index is 13.6. The first-order valence-electron chi connectivity index (χ1n) is 10.5. The van der Waals surface area contributed by atoms with E-state index in [2.05, 4.69) is 0 Å². The number of fused-ring (bicyclic) bond motifs is 2. The molecule has 0 spiro atoms. The molecule has 0 saturated carbocycles. The fourth-order valence-electron chi connectivity index (χ4n) is 4.04. The molecule has 0 atom stereocenters. The van der Waals surface area contributed by atoms with Crippen molar-refractivity contribution in [3.05, 3.63) is 53.6 Å². The summed E-state index contributed by atoms with van der Waals surface area (Å²) in [6, 6.07) is 12.8. The van der Waals surface area contributed by atoms with Gasteiger partial charge in [0, 0.05) is 35.0 Å². The molecule has 7 nitrogen and oxygen atoms in total. The van der Waals surface area contributed by atoms with Crippen LogP contribution in [0.4, 0.5) is 5.69 Å². The van der Waals surface area contributed by atoms with Crippen LogP contribution in [-0.4, -0.2) is 32.2 Å². The summed E-state index contributed by atoms with van der Waals surface area (Å²) in [6.07, 6.45) is 0. The Kier molecular flexibility index (Phi) is 5.90. The molecule has 1 aliphatic rings. The molecular formula is C25H25NO6. The lowest BCUT2D eigenvalue weighted by Crippen LogP contribution is -2.23. The first kappa shape index (κ1) is 21.5. The van der Waals surface area contributed by atoms with Crippen molar-refractivity contribution < 1.29 is 28.5 Å². The van der Waals surface area contributed by atoms with Gasteiger partial charge in [0.05, 0.1) is 32.4 Å². The second kappa shape index (κ2) is 8.78. The van der Waals surface area contributed by atoms with Crippen LogP contribution in [-0.2, 0) is 11.3 Å². The minimum Gasteiger partial charge on any atom is -0.493 e. The number of nitrogens with zero attached hydrogens (tertiary/aromatic N) is 1. The largest absolute Gasteiger partial charge is 0.493 e. The van der Waals surface area contributed by atoms with E-state index in [1.807, 2.05) is 38.1 Å². The number of carbonyl (C=O) groups is 2. The summed E-state index contributed by atoms with van der Waals surface area (Å²) in [5.41, 5.74) is 1.92. The van der Waals surface area contributed by atoms with E-state index >= 15 is 0 Å². The van der Waals surface area contributed by atoms with Crippen molar-refractivity contribution in [3.63, 3.8) is 0 Å². The van der Waals surface area contributed by atoms with Crippen molar-refractivity contribution in [2.24, 2.45) is 0 Å². The third-order valence-electron chi connectivity index (χ3n) is 5.28. The molecule has 0 radical (unpaired) electrons.